The highest BCUT2D eigenvalue weighted by molar-refractivity contribution is 7.11. The molecule has 2 aromatic heterocycles. The zero-order valence-electron chi connectivity index (χ0n) is 15.4. The van der Waals surface area contributed by atoms with Crippen LogP contribution in [-0.2, 0) is 13.1 Å². The van der Waals surface area contributed by atoms with Crippen molar-refractivity contribution in [2.24, 2.45) is 4.99 Å². The largest absolute Gasteiger partial charge is 0.468 e. The smallest absolute Gasteiger partial charge is 0.422 e. The topological polar surface area (TPSA) is 71.4 Å². The van der Waals surface area contributed by atoms with E-state index in [-0.39, 0.29) is 12.4 Å². The van der Waals surface area contributed by atoms with Gasteiger partial charge in [0.1, 0.15) is 5.01 Å². The molecule has 0 aliphatic carbocycles. The standard InChI is InChI=1S/C17H22F3N5OS/c1-4-21-16(24-9-14-25-11(2)12(3)27-14)23-8-13-6-5-7-22-15(13)26-10-17(18,19)20/h5-7H,4,8-10H2,1-3H3,(H2,21,23,24). The number of hydrogen-bond acceptors (Lipinski definition) is 5. The minimum atomic E-state index is -4.42. The average Bonchev–Trinajstić information content (AvgIpc) is 2.93. The van der Waals surface area contributed by atoms with Gasteiger partial charge < -0.3 is 15.4 Å². The molecule has 2 aromatic rings. The van der Waals surface area contributed by atoms with Crippen LogP contribution in [0.1, 0.15) is 28.1 Å². The second-order valence-corrected chi connectivity index (χ2v) is 6.96. The Morgan fingerprint density at radius 2 is 2.07 bits per heavy atom. The number of rotatable bonds is 7. The Morgan fingerprint density at radius 3 is 2.70 bits per heavy atom. The Kier molecular flexibility index (Phi) is 7.40. The van der Waals surface area contributed by atoms with Crippen molar-refractivity contribution >= 4 is 17.3 Å². The molecule has 0 bridgehead atoms. The van der Waals surface area contributed by atoms with E-state index in [4.69, 9.17) is 4.74 Å². The summed E-state index contributed by atoms with van der Waals surface area (Å²) in [5, 5.41) is 7.20. The lowest BCUT2D eigenvalue weighted by Gasteiger charge is -2.12. The number of ether oxygens (including phenoxy) is 1. The van der Waals surface area contributed by atoms with Crippen molar-refractivity contribution in [2.45, 2.75) is 40.0 Å². The Balaban J connectivity index is 2.03. The van der Waals surface area contributed by atoms with Crippen molar-refractivity contribution < 1.29 is 17.9 Å². The molecule has 0 radical (unpaired) electrons. The number of nitrogens with zero attached hydrogens (tertiary/aromatic N) is 3. The molecule has 0 amide bonds. The predicted octanol–water partition coefficient (Wildman–Crippen LogP) is 3.35. The number of hydrogen-bond donors (Lipinski definition) is 2. The van der Waals surface area contributed by atoms with Gasteiger partial charge in [-0.2, -0.15) is 13.2 Å². The fraction of sp³-hybridized carbons (Fsp3) is 0.471. The summed E-state index contributed by atoms with van der Waals surface area (Å²) in [6, 6.07) is 3.27. The summed E-state index contributed by atoms with van der Waals surface area (Å²) in [5.41, 5.74) is 1.47. The molecule has 0 spiro atoms. The van der Waals surface area contributed by atoms with Gasteiger partial charge in [-0.15, -0.1) is 11.3 Å². The lowest BCUT2D eigenvalue weighted by molar-refractivity contribution is -0.154. The molecule has 0 saturated heterocycles. The lowest BCUT2D eigenvalue weighted by atomic mass is 10.3. The van der Waals surface area contributed by atoms with E-state index in [1.54, 1.807) is 23.5 Å². The fourth-order valence-electron chi connectivity index (χ4n) is 2.10. The zero-order chi connectivity index (χ0) is 19.9. The summed E-state index contributed by atoms with van der Waals surface area (Å²) in [7, 11) is 0. The summed E-state index contributed by atoms with van der Waals surface area (Å²) in [4.78, 5) is 13.9. The molecule has 2 N–H and O–H groups in total. The van der Waals surface area contributed by atoms with E-state index in [1.807, 2.05) is 20.8 Å². The van der Waals surface area contributed by atoms with Crippen molar-refractivity contribution in [3.8, 4) is 5.88 Å². The van der Waals surface area contributed by atoms with Gasteiger partial charge in [0, 0.05) is 23.2 Å². The van der Waals surface area contributed by atoms with Crippen LogP contribution in [0, 0.1) is 13.8 Å². The van der Waals surface area contributed by atoms with E-state index >= 15 is 0 Å². The van der Waals surface area contributed by atoms with Gasteiger partial charge in [0.2, 0.25) is 5.88 Å². The molecule has 0 aromatic carbocycles. The van der Waals surface area contributed by atoms with E-state index in [2.05, 4.69) is 25.6 Å². The van der Waals surface area contributed by atoms with Crippen molar-refractivity contribution in [3.63, 3.8) is 0 Å². The number of nitrogens with one attached hydrogen (secondary N) is 2. The minimum Gasteiger partial charge on any atom is -0.468 e. The van der Waals surface area contributed by atoms with Gasteiger partial charge in [-0.1, -0.05) is 6.07 Å². The molecule has 10 heteroatoms. The highest BCUT2D eigenvalue weighted by Gasteiger charge is 2.29. The molecule has 0 fully saturated rings. The van der Waals surface area contributed by atoms with Crippen LogP contribution >= 0.6 is 11.3 Å². The zero-order valence-corrected chi connectivity index (χ0v) is 16.2. The molecular formula is C17H22F3N5OS. The SMILES string of the molecule is CCNC(=NCc1cccnc1OCC(F)(F)F)NCc1nc(C)c(C)s1. The van der Waals surface area contributed by atoms with Gasteiger partial charge in [0.25, 0.3) is 0 Å². The molecule has 148 valence electrons. The van der Waals surface area contributed by atoms with E-state index in [1.165, 1.54) is 6.20 Å². The number of guanidine groups is 1. The monoisotopic (exact) mass is 401 g/mol. The van der Waals surface area contributed by atoms with Crippen LogP contribution in [0.5, 0.6) is 5.88 Å². The van der Waals surface area contributed by atoms with Gasteiger partial charge in [-0.3, -0.25) is 0 Å². The first-order valence-electron chi connectivity index (χ1n) is 8.37. The van der Waals surface area contributed by atoms with Crippen LogP contribution < -0.4 is 15.4 Å². The van der Waals surface area contributed by atoms with Crippen LogP contribution in [0.15, 0.2) is 23.3 Å². The fourth-order valence-corrected chi connectivity index (χ4v) is 2.98. The third-order valence-corrected chi connectivity index (χ3v) is 4.53. The van der Waals surface area contributed by atoms with Gasteiger partial charge >= 0.3 is 6.18 Å². The maximum absolute atomic E-state index is 12.4. The molecule has 0 aliphatic heterocycles. The Morgan fingerprint density at radius 1 is 1.30 bits per heavy atom. The lowest BCUT2D eigenvalue weighted by Crippen LogP contribution is -2.36. The number of halogens is 3. The number of aliphatic imine (C=N–C) groups is 1. The number of aromatic nitrogens is 2. The van der Waals surface area contributed by atoms with E-state index in [9.17, 15) is 13.2 Å². The maximum Gasteiger partial charge on any atom is 0.422 e. The van der Waals surface area contributed by atoms with Crippen LogP contribution in [0.25, 0.3) is 0 Å². The van der Waals surface area contributed by atoms with E-state index in [0.29, 0.717) is 24.6 Å². The summed E-state index contributed by atoms with van der Waals surface area (Å²) in [6.45, 7) is 5.80. The van der Waals surface area contributed by atoms with Crippen LogP contribution in [-0.4, -0.2) is 35.3 Å². The molecule has 0 atom stereocenters. The first-order chi connectivity index (χ1) is 12.8. The second-order valence-electron chi connectivity index (χ2n) is 5.67. The molecule has 2 heterocycles. The maximum atomic E-state index is 12.4. The number of alkyl halides is 3. The van der Waals surface area contributed by atoms with Gasteiger partial charge in [0.15, 0.2) is 12.6 Å². The summed E-state index contributed by atoms with van der Waals surface area (Å²) < 4.78 is 41.9. The summed E-state index contributed by atoms with van der Waals surface area (Å²) >= 11 is 1.61. The van der Waals surface area contributed by atoms with Crippen molar-refractivity contribution in [1.82, 2.24) is 20.6 Å². The van der Waals surface area contributed by atoms with Crippen molar-refractivity contribution in [2.75, 3.05) is 13.2 Å². The third-order valence-electron chi connectivity index (χ3n) is 3.45. The summed E-state index contributed by atoms with van der Waals surface area (Å²) in [5.74, 6) is 0.467. The first-order valence-corrected chi connectivity index (χ1v) is 9.18. The predicted molar refractivity (Wildman–Crippen MR) is 99.0 cm³/mol. The third kappa shape index (κ3) is 7.05. The number of aryl methyl sites for hydroxylation is 2. The van der Waals surface area contributed by atoms with Gasteiger partial charge in [0.05, 0.1) is 18.8 Å². The molecule has 0 saturated carbocycles. The van der Waals surface area contributed by atoms with Crippen LogP contribution in [0.4, 0.5) is 13.2 Å². The highest BCUT2D eigenvalue weighted by atomic mass is 32.1. The van der Waals surface area contributed by atoms with Crippen LogP contribution in [0.2, 0.25) is 0 Å². The molecule has 0 aliphatic rings. The quantitative estimate of drug-likeness (QED) is 0.550. The molecular weight excluding hydrogens is 379 g/mol. The highest BCUT2D eigenvalue weighted by Crippen LogP contribution is 2.20. The average molecular weight is 401 g/mol. The normalized spacial score (nSPS) is 12.1. The molecule has 6 nitrogen and oxygen atoms in total. The van der Waals surface area contributed by atoms with E-state index < -0.39 is 12.8 Å². The molecule has 0 unspecified atom stereocenters. The molecule has 2 rings (SSSR count). The van der Waals surface area contributed by atoms with Crippen molar-refractivity contribution in [1.29, 1.82) is 0 Å². The van der Waals surface area contributed by atoms with E-state index in [0.717, 1.165) is 15.6 Å². The van der Waals surface area contributed by atoms with Gasteiger partial charge in [-0.25, -0.2) is 15.0 Å². The van der Waals surface area contributed by atoms with Crippen molar-refractivity contribution in [3.05, 3.63) is 39.5 Å². The Labute approximate surface area is 159 Å². The minimum absolute atomic E-state index is 0.0689. The van der Waals surface area contributed by atoms with Gasteiger partial charge in [-0.05, 0) is 26.8 Å². The second kappa shape index (κ2) is 9.54. The Hall–Kier alpha value is -2.36. The number of pyridine rings is 1. The molecule has 27 heavy (non-hydrogen) atoms. The van der Waals surface area contributed by atoms with Crippen LogP contribution in [0.3, 0.4) is 0 Å². The summed E-state index contributed by atoms with van der Waals surface area (Å²) in [6.07, 6.45) is -3.03. The Bertz CT molecular complexity index is 757. The first kappa shape index (κ1) is 20.9. The number of thiazole rings is 1.